The van der Waals surface area contributed by atoms with Crippen LogP contribution in [-0.4, -0.2) is 21.9 Å². The van der Waals surface area contributed by atoms with Crippen molar-refractivity contribution in [1.82, 2.24) is 9.47 Å². The number of carbonyl (C=O) groups excluding carboxylic acids is 1. The number of aryl methyl sites for hydroxylation is 1. The van der Waals surface area contributed by atoms with Crippen LogP contribution in [-0.2, 0) is 6.54 Å². The number of hydrogen-bond donors (Lipinski definition) is 0. The molecule has 1 unspecified atom stereocenters. The highest BCUT2D eigenvalue weighted by molar-refractivity contribution is 9.10. The van der Waals surface area contributed by atoms with Crippen LogP contribution in [0.5, 0.6) is 0 Å². The maximum absolute atomic E-state index is 12.8. The second-order valence-corrected chi connectivity index (χ2v) is 6.67. The van der Waals surface area contributed by atoms with Crippen LogP contribution >= 0.6 is 27.5 Å². The number of amides is 1. The zero-order chi connectivity index (χ0) is 15.1. The van der Waals surface area contributed by atoms with Gasteiger partial charge in [-0.15, -0.1) is 0 Å². The molecule has 0 aliphatic carbocycles. The largest absolute Gasteiger partial charge is 0.345 e. The van der Waals surface area contributed by atoms with E-state index in [1.807, 2.05) is 11.0 Å². The summed E-state index contributed by atoms with van der Waals surface area (Å²) in [6.45, 7) is 5.69. The van der Waals surface area contributed by atoms with Crippen LogP contribution in [0.25, 0.3) is 0 Å². The molecule has 1 aliphatic heterocycles. The summed E-state index contributed by atoms with van der Waals surface area (Å²) in [5.74, 6) is -0.0149. The molecule has 110 valence electrons. The summed E-state index contributed by atoms with van der Waals surface area (Å²) in [5.41, 5.74) is 2.97. The van der Waals surface area contributed by atoms with Gasteiger partial charge in [0.05, 0.1) is 16.6 Å². The fraction of sp³-hybridized carbons (Fsp3) is 0.312. The first-order valence-electron chi connectivity index (χ1n) is 6.91. The number of benzene rings is 1. The van der Waals surface area contributed by atoms with Gasteiger partial charge in [-0.25, -0.2) is 0 Å². The van der Waals surface area contributed by atoms with Crippen LogP contribution in [0, 0.1) is 6.92 Å². The van der Waals surface area contributed by atoms with Crippen LogP contribution in [0.2, 0.25) is 5.02 Å². The molecule has 1 atom stereocenters. The van der Waals surface area contributed by atoms with Gasteiger partial charge >= 0.3 is 0 Å². The van der Waals surface area contributed by atoms with E-state index in [4.69, 9.17) is 11.6 Å². The minimum Gasteiger partial charge on any atom is -0.345 e. The van der Waals surface area contributed by atoms with Crippen molar-refractivity contribution < 1.29 is 4.79 Å². The van der Waals surface area contributed by atoms with Crippen molar-refractivity contribution in [2.24, 2.45) is 0 Å². The normalized spacial score (nSPS) is 17.7. The monoisotopic (exact) mass is 366 g/mol. The molecule has 3 rings (SSSR count). The third-order valence-electron chi connectivity index (χ3n) is 4.11. The number of fused-ring (bicyclic) bond motifs is 1. The molecule has 3 nitrogen and oxygen atoms in total. The third kappa shape index (κ3) is 2.51. The van der Waals surface area contributed by atoms with E-state index in [1.165, 1.54) is 11.4 Å². The average Bonchev–Trinajstić information content (AvgIpc) is 2.84. The highest BCUT2D eigenvalue weighted by Gasteiger charge is 2.29. The van der Waals surface area contributed by atoms with Gasteiger partial charge in [0, 0.05) is 29.0 Å². The van der Waals surface area contributed by atoms with E-state index in [1.54, 1.807) is 12.1 Å². The van der Waals surface area contributed by atoms with Crippen molar-refractivity contribution in [2.45, 2.75) is 26.4 Å². The van der Waals surface area contributed by atoms with Crippen LogP contribution in [0.1, 0.15) is 34.7 Å². The third-order valence-corrected chi connectivity index (χ3v) is 4.94. The Balaban J connectivity index is 1.95. The lowest BCUT2D eigenvalue weighted by molar-refractivity contribution is 0.0643. The first kappa shape index (κ1) is 14.7. The van der Waals surface area contributed by atoms with Crippen LogP contribution in [0.4, 0.5) is 0 Å². The second-order valence-electron chi connectivity index (χ2n) is 5.35. The molecule has 2 heterocycles. The molecule has 0 spiro atoms. The summed E-state index contributed by atoms with van der Waals surface area (Å²) in [4.78, 5) is 14.7. The highest BCUT2D eigenvalue weighted by atomic mass is 79.9. The van der Waals surface area contributed by atoms with Gasteiger partial charge in [0.15, 0.2) is 0 Å². The molecule has 1 amide bonds. The van der Waals surface area contributed by atoms with E-state index >= 15 is 0 Å². The molecule has 5 heteroatoms. The van der Waals surface area contributed by atoms with E-state index in [-0.39, 0.29) is 11.9 Å². The lowest BCUT2D eigenvalue weighted by atomic mass is 10.1. The van der Waals surface area contributed by atoms with Gasteiger partial charge in [-0.1, -0.05) is 27.5 Å². The van der Waals surface area contributed by atoms with E-state index in [9.17, 15) is 4.79 Å². The molecule has 21 heavy (non-hydrogen) atoms. The van der Waals surface area contributed by atoms with Gasteiger partial charge in [0.1, 0.15) is 0 Å². The Morgan fingerprint density at radius 3 is 2.81 bits per heavy atom. The molecule has 0 fully saturated rings. The number of carbonyl (C=O) groups is 1. The Hall–Kier alpha value is -1.26. The Bertz CT molecular complexity index is 710. The average molecular weight is 368 g/mol. The second kappa shape index (κ2) is 5.50. The highest BCUT2D eigenvalue weighted by Crippen LogP contribution is 2.30. The van der Waals surface area contributed by atoms with Gasteiger partial charge in [-0.3, -0.25) is 4.79 Å². The topological polar surface area (TPSA) is 25.2 Å². The molecular weight excluding hydrogens is 352 g/mol. The summed E-state index contributed by atoms with van der Waals surface area (Å²) in [7, 11) is 0. The molecule has 1 aromatic heterocycles. The van der Waals surface area contributed by atoms with Crippen LogP contribution in [0.3, 0.4) is 0 Å². The first-order valence-corrected chi connectivity index (χ1v) is 8.08. The minimum absolute atomic E-state index is 0.0149. The Morgan fingerprint density at radius 2 is 2.05 bits per heavy atom. The SMILES string of the molecule is Cc1ccc2n1CCN(C(=O)c1cc(Br)ccc1Cl)C2C. The first-order chi connectivity index (χ1) is 9.99. The summed E-state index contributed by atoms with van der Waals surface area (Å²) in [6.07, 6.45) is 0. The molecule has 1 aliphatic rings. The predicted molar refractivity (Wildman–Crippen MR) is 87.8 cm³/mol. The van der Waals surface area contributed by atoms with Crippen molar-refractivity contribution in [2.75, 3.05) is 6.54 Å². The van der Waals surface area contributed by atoms with Gasteiger partial charge in [-0.05, 0) is 44.2 Å². The fourth-order valence-corrected chi connectivity index (χ4v) is 3.47. The van der Waals surface area contributed by atoms with Crippen molar-refractivity contribution in [3.63, 3.8) is 0 Å². The van der Waals surface area contributed by atoms with Gasteiger partial charge < -0.3 is 9.47 Å². The Kier molecular flexibility index (Phi) is 3.84. The number of aromatic nitrogens is 1. The Morgan fingerprint density at radius 1 is 1.29 bits per heavy atom. The van der Waals surface area contributed by atoms with E-state index < -0.39 is 0 Å². The summed E-state index contributed by atoms with van der Waals surface area (Å²) in [6, 6.07) is 9.63. The smallest absolute Gasteiger partial charge is 0.256 e. The summed E-state index contributed by atoms with van der Waals surface area (Å²) in [5, 5.41) is 0.493. The van der Waals surface area contributed by atoms with E-state index in [0.29, 0.717) is 17.1 Å². The van der Waals surface area contributed by atoms with Crippen molar-refractivity contribution in [3.05, 3.63) is 56.8 Å². The molecule has 0 N–H and O–H groups in total. The van der Waals surface area contributed by atoms with Crippen LogP contribution < -0.4 is 0 Å². The maximum atomic E-state index is 12.8. The van der Waals surface area contributed by atoms with E-state index in [2.05, 4.69) is 46.5 Å². The number of nitrogens with zero attached hydrogens (tertiary/aromatic N) is 2. The van der Waals surface area contributed by atoms with Gasteiger partial charge in [0.2, 0.25) is 0 Å². The number of hydrogen-bond acceptors (Lipinski definition) is 1. The van der Waals surface area contributed by atoms with Crippen LogP contribution in [0.15, 0.2) is 34.8 Å². The van der Waals surface area contributed by atoms with Crippen molar-refractivity contribution >= 4 is 33.4 Å². The Labute approximate surface area is 137 Å². The zero-order valence-corrected chi connectivity index (χ0v) is 14.3. The summed E-state index contributed by atoms with van der Waals surface area (Å²) >= 11 is 9.59. The lowest BCUT2D eigenvalue weighted by Crippen LogP contribution is -2.41. The predicted octanol–water partition coefficient (Wildman–Crippen LogP) is 4.43. The molecule has 2 aromatic rings. The fourth-order valence-electron chi connectivity index (χ4n) is 2.91. The molecule has 0 bridgehead atoms. The van der Waals surface area contributed by atoms with Gasteiger partial charge in [0.25, 0.3) is 5.91 Å². The lowest BCUT2D eigenvalue weighted by Gasteiger charge is -2.35. The standard InChI is InChI=1S/C16H16BrClN2O/c1-10-3-6-15-11(2)20(8-7-19(10)15)16(21)13-9-12(17)4-5-14(13)18/h3-6,9,11H,7-8H2,1-2H3. The maximum Gasteiger partial charge on any atom is 0.256 e. The summed E-state index contributed by atoms with van der Waals surface area (Å²) < 4.78 is 3.14. The molecule has 0 saturated heterocycles. The molecular formula is C16H16BrClN2O. The number of halogens is 2. The molecule has 0 saturated carbocycles. The quantitative estimate of drug-likeness (QED) is 0.732. The van der Waals surface area contributed by atoms with Crippen molar-refractivity contribution in [3.8, 4) is 0 Å². The number of rotatable bonds is 1. The minimum atomic E-state index is -0.0149. The molecule has 0 radical (unpaired) electrons. The van der Waals surface area contributed by atoms with E-state index in [0.717, 1.165) is 11.0 Å². The van der Waals surface area contributed by atoms with Crippen molar-refractivity contribution in [1.29, 1.82) is 0 Å². The zero-order valence-electron chi connectivity index (χ0n) is 11.9. The van der Waals surface area contributed by atoms with Gasteiger partial charge in [-0.2, -0.15) is 0 Å². The molecule has 1 aromatic carbocycles.